The average Bonchev–Trinajstić information content (AvgIpc) is 2.93. The number of amides is 1. The van der Waals surface area contributed by atoms with Crippen LogP contribution in [-0.2, 0) is 4.79 Å². The van der Waals surface area contributed by atoms with Crippen LogP contribution in [0.15, 0.2) is 76.6 Å². The van der Waals surface area contributed by atoms with Crippen LogP contribution < -0.4 is 15.6 Å². The molecule has 0 saturated heterocycles. The van der Waals surface area contributed by atoms with Crippen molar-refractivity contribution in [2.45, 2.75) is 38.0 Å². The van der Waals surface area contributed by atoms with Gasteiger partial charge in [0.05, 0.1) is 17.1 Å². The fraction of sp³-hybridized carbons (Fsp3) is 0.241. The minimum atomic E-state index is -0.413. The van der Waals surface area contributed by atoms with Gasteiger partial charge in [-0.3, -0.25) is 9.59 Å². The number of carbonyl (C=O) groups is 1. The van der Waals surface area contributed by atoms with E-state index in [-0.39, 0.29) is 18.1 Å². The number of carbonyl (C=O) groups excluding carboxylic acids is 1. The van der Waals surface area contributed by atoms with Gasteiger partial charge in [-0.25, -0.2) is 9.37 Å². The van der Waals surface area contributed by atoms with E-state index in [0.29, 0.717) is 38.8 Å². The van der Waals surface area contributed by atoms with Crippen LogP contribution in [0.3, 0.4) is 0 Å². The molecule has 0 bridgehead atoms. The molecule has 194 valence electrons. The summed E-state index contributed by atoms with van der Waals surface area (Å²) in [6.45, 7) is -0.287. The monoisotopic (exact) mass is 532 g/mol. The number of aromatic nitrogens is 2. The Hall–Kier alpha value is -4.04. The molecule has 0 spiro atoms. The number of anilines is 1. The van der Waals surface area contributed by atoms with E-state index in [0.717, 1.165) is 25.7 Å². The molecule has 1 aromatic heterocycles. The first kappa shape index (κ1) is 25.6. The molecule has 1 saturated carbocycles. The van der Waals surface area contributed by atoms with Crippen molar-refractivity contribution in [3.63, 3.8) is 0 Å². The summed E-state index contributed by atoms with van der Waals surface area (Å²) in [5.41, 5.74) is 1.37. The molecule has 1 amide bonds. The average molecular weight is 533 g/mol. The smallest absolute Gasteiger partial charge is 0.282 e. The molecule has 1 heterocycles. The summed E-state index contributed by atoms with van der Waals surface area (Å²) < 4.78 is 20.2. The SMILES string of the molecule is O=C(COc1ccc(Cl)cc1C=Nn1c(C2CCCCC2)nc2ccccc2c1=O)Nc1ccc(F)cc1. The summed E-state index contributed by atoms with van der Waals surface area (Å²) in [7, 11) is 0. The van der Waals surface area contributed by atoms with Crippen molar-refractivity contribution in [1.29, 1.82) is 0 Å². The fourth-order valence-corrected chi connectivity index (χ4v) is 4.80. The van der Waals surface area contributed by atoms with Gasteiger partial charge in [-0.2, -0.15) is 9.78 Å². The van der Waals surface area contributed by atoms with Gasteiger partial charge in [0, 0.05) is 22.2 Å². The lowest BCUT2D eigenvalue weighted by Gasteiger charge is -2.22. The Labute approximate surface area is 223 Å². The molecule has 3 aromatic carbocycles. The number of halogens is 2. The molecule has 1 N–H and O–H groups in total. The highest BCUT2D eigenvalue weighted by Crippen LogP contribution is 2.32. The Morgan fingerprint density at radius 2 is 1.87 bits per heavy atom. The zero-order chi connectivity index (χ0) is 26.5. The highest BCUT2D eigenvalue weighted by atomic mass is 35.5. The largest absolute Gasteiger partial charge is 0.483 e. The van der Waals surface area contributed by atoms with Crippen molar-refractivity contribution >= 4 is 40.3 Å². The van der Waals surface area contributed by atoms with Crippen LogP contribution in [0.4, 0.5) is 10.1 Å². The third-order valence-corrected chi connectivity index (χ3v) is 6.76. The second kappa shape index (κ2) is 11.6. The number of rotatable bonds is 7. The van der Waals surface area contributed by atoms with Crippen LogP contribution in [-0.4, -0.2) is 28.4 Å². The predicted molar refractivity (Wildman–Crippen MR) is 147 cm³/mol. The first-order chi connectivity index (χ1) is 18.5. The summed E-state index contributed by atoms with van der Waals surface area (Å²) in [6.07, 6.45) is 6.76. The van der Waals surface area contributed by atoms with E-state index in [2.05, 4.69) is 10.4 Å². The van der Waals surface area contributed by atoms with Gasteiger partial charge in [-0.05, 0) is 67.4 Å². The van der Waals surface area contributed by atoms with Gasteiger partial charge in [0.1, 0.15) is 17.4 Å². The zero-order valence-electron chi connectivity index (χ0n) is 20.6. The predicted octanol–water partition coefficient (Wildman–Crippen LogP) is 6.14. The zero-order valence-corrected chi connectivity index (χ0v) is 21.3. The van der Waals surface area contributed by atoms with Gasteiger partial charge in [0.25, 0.3) is 11.5 Å². The number of hydrogen-bond acceptors (Lipinski definition) is 5. The lowest BCUT2D eigenvalue weighted by atomic mass is 9.88. The van der Waals surface area contributed by atoms with E-state index < -0.39 is 11.7 Å². The highest BCUT2D eigenvalue weighted by Gasteiger charge is 2.22. The van der Waals surface area contributed by atoms with Gasteiger partial charge in [-0.15, -0.1) is 0 Å². The highest BCUT2D eigenvalue weighted by molar-refractivity contribution is 6.30. The Bertz CT molecular complexity index is 1550. The van der Waals surface area contributed by atoms with Crippen LogP contribution in [0, 0.1) is 5.82 Å². The molecule has 0 unspecified atom stereocenters. The Kier molecular flexibility index (Phi) is 7.79. The number of para-hydroxylation sites is 1. The summed E-state index contributed by atoms with van der Waals surface area (Å²) in [4.78, 5) is 30.7. The van der Waals surface area contributed by atoms with E-state index in [1.807, 2.05) is 12.1 Å². The van der Waals surface area contributed by atoms with Gasteiger partial charge < -0.3 is 10.1 Å². The number of benzene rings is 3. The maximum atomic E-state index is 13.5. The van der Waals surface area contributed by atoms with E-state index in [1.54, 1.807) is 30.3 Å². The molecule has 0 atom stereocenters. The van der Waals surface area contributed by atoms with Crippen molar-refractivity contribution in [1.82, 2.24) is 9.66 Å². The van der Waals surface area contributed by atoms with Crippen molar-refractivity contribution in [2.24, 2.45) is 5.10 Å². The maximum Gasteiger partial charge on any atom is 0.282 e. The van der Waals surface area contributed by atoms with Crippen molar-refractivity contribution in [3.8, 4) is 5.75 Å². The molecule has 1 fully saturated rings. The minimum Gasteiger partial charge on any atom is -0.483 e. The van der Waals surface area contributed by atoms with E-state index in [9.17, 15) is 14.0 Å². The van der Waals surface area contributed by atoms with E-state index >= 15 is 0 Å². The van der Waals surface area contributed by atoms with E-state index in [1.165, 1.54) is 41.6 Å². The van der Waals surface area contributed by atoms with Crippen LogP contribution in [0.25, 0.3) is 10.9 Å². The van der Waals surface area contributed by atoms with Gasteiger partial charge in [0.2, 0.25) is 0 Å². The molecule has 1 aliphatic carbocycles. The number of fused-ring (bicyclic) bond motifs is 1. The van der Waals surface area contributed by atoms with Crippen molar-refractivity contribution in [2.75, 3.05) is 11.9 Å². The summed E-state index contributed by atoms with van der Waals surface area (Å²) >= 11 is 6.24. The Balaban J connectivity index is 1.42. The van der Waals surface area contributed by atoms with E-state index in [4.69, 9.17) is 21.3 Å². The normalized spacial score (nSPS) is 14.2. The first-order valence-corrected chi connectivity index (χ1v) is 12.9. The number of nitrogens with zero attached hydrogens (tertiary/aromatic N) is 3. The summed E-state index contributed by atoms with van der Waals surface area (Å²) in [5.74, 6) is 0.352. The van der Waals surface area contributed by atoms with Gasteiger partial charge >= 0.3 is 0 Å². The first-order valence-electron chi connectivity index (χ1n) is 12.5. The molecule has 38 heavy (non-hydrogen) atoms. The molecule has 5 rings (SSSR count). The summed E-state index contributed by atoms with van der Waals surface area (Å²) in [5, 5.41) is 8.14. The molecule has 9 heteroatoms. The third kappa shape index (κ3) is 5.92. The molecule has 4 aromatic rings. The molecular formula is C29H26ClFN4O3. The standard InChI is InChI=1S/C29H26ClFN4O3/c30-21-10-15-26(38-18-27(36)33-23-13-11-22(31)12-14-23)20(16-21)17-32-35-28(19-6-2-1-3-7-19)34-25-9-5-4-8-24(25)29(35)37/h4-5,8-17,19H,1-3,6-7,18H2,(H,33,36). The molecule has 1 aliphatic rings. The lowest BCUT2D eigenvalue weighted by molar-refractivity contribution is -0.118. The van der Waals surface area contributed by atoms with Crippen LogP contribution in [0.1, 0.15) is 49.4 Å². The Morgan fingerprint density at radius 3 is 2.66 bits per heavy atom. The minimum absolute atomic E-state index is 0.142. The fourth-order valence-electron chi connectivity index (χ4n) is 4.62. The van der Waals surface area contributed by atoms with Gasteiger partial charge in [-0.1, -0.05) is 43.0 Å². The molecular weight excluding hydrogens is 507 g/mol. The molecule has 0 radical (unpaired) electrons. The van der Waals surface area contributed by atoms with Gasteiger partial charge in [0.15, 0.2) is 6.61 Å². The molecule has 0 aliphatic heterocycles. The number of nitrogens with one attached hydrogen (secondary N) is 1. The topological polar surface area (TPSA) is 85.6 Å². The number of ether oxygens (including phenoxy) is 1. The lowest BCUT2D eigenvalue weighted by Crippen LogP contribution is -2.25. The van der Waals surface area contributed by atoms with Crippen LogP contribution in [0.2, 0.25) is 5.02 Å². The third-order valence-electron chi connectivity index (χ3n) is 6.52. The van der Waals surface area contributed by atoms with Crippen LogP contribution >= 0.6 is 11.6 Å². The van der Waals surface area contributed by atoms with Crippen LogP contribution in [0.5, 0.6) is 5.75 Å². The molecule has 7 nitrogen and oxygen atoms in total. The Morgan fingerprint density at radius 1 is 1.11 bits per heavy atom. The summed E-state index contributed by atoms with van der Waals surface area (Å²) in [6, 6.07) is 17.6. The van der Waals surface area contributed by atoms with Crippen molar-refractivity contribution in [3.05, 3.63) is 99.3 Å². The maximum absolute atomic E-state index is 13.5. The quantitative estimate of drug-likeness (QED) is 0.290. The number of hydrogen-bond donors (Lipinski definition) is 1. The van der Waals surface area contributed by atoms with Crippen molar-refractivity contribution < 1.29 is 13.9 Å². The second-order valence-corrected chi connectivity index (χ2v) is 9.65. The second-order valence-electron chi connectivity index (χ2n) is 9.21.